The van der Waals surface area contributed by atoms with Crippen molar-refractivity contribution in [3.05, 3.63) is 51.5 Å². The third-order valence-electron chi connectivity index (χ3n) is 2.55. The Bertz CT molecular complexity index is 651. The van der Waals surface area contributed by atoms with E-state index in [-0.39, 0.29) is 12.5 Å². The van der Waals surface area contributed by atoms with Gasteiger partial charge in [-0.05, 0) is 31.2 Å². The third-order valence-corrected chi connectivity index (χ3v) is 3.55. The van der Waals surface area contributed by atoms with Crippen LogP contribution in [-0.4, -0.2) is 22.6 Å². The molecule has 0 aliphatic carbocycles. The number of carbonyl (C=O) groups excluding carboxylic acids is 1. The van der Waals surface area contributed by atoms with Gasteiger partial charge in [-0.15, -0.1) is 11.3 Å². The highest BCUT2D eigenvalue weighted by Gasteiger charge is 2.06. The lowest BCUT2D eigenvalue weighted by atomic mass is 10.2. The van der Waals surface area contributed by atoms with Crippen molar-refractivity contribution in [3.8, 4) is 11.8 Å². The summed E-state index contributed by atoms with van der Waals surface area (Å²) in [7, 11) is 0. The molecule has 0 aromatic carbocycles. The van der Waals surface area contributed by atoms with Crippen molar-refractivity contribution >= 4 is 17.2 Å². The summed E-state index contributed by atoms with van der Waals surface area (Å²) in [6.45, 7) is 2.19. The third kappa shape index (κ3) is 3.92. The minimum atomic E-state index is -0.148. The monoisotopic (exact) mass is 286 g/mol. The Labute approximate surface area is 121 Å². The summed E-state index contributed by atoms with van der Waals surface area (Å²) in [5, 5.41) is 11.5. The van der Waals surface area contributed by atoms with Crippen LogP contribution < -0.4 is 5.32 Å². The zero-order valence-corrected chi connectivity index (χ0v) is 11.8. The minimum Gasteiger partial charge on any atom is -0.384 e. The second-order valence-corrected chi connectivity index (χ2v) is 5.27. The van der Waals surface area contributed by atoms with Crippen molar-refractivity contribution in [1.82, 2.24) is 10.3 Å². The van der Waals surface area contributed by atoms with Crippen LogP contribution in [0, 0.1) is 18.8 Å². The van der Waals surface area contributed by atoms with Crippen LogP contribution in [0.15, 0.2) is 30.5 Å². The van der Waals surface area contributed by atoms with E-state index in [1.54, 1.807) is 12.3 Å². The van der Waals surface area contributed by atoms with Crippen LogP contribution >= 0.6 is 11.3 Å². The maximum atomic E-state index is 11.9. The number of amides is 1. The van der Waals surface area contributed by atoms with Crippen LogP contribution in [0.5, 0.6) is 0 Å². The van der Waals surface area contributed by atoms with Crippen molar-refractivity contribution in [2.24, 2.45) is 0 Å². The van der Waals surface area contributed by atoms with Gasteiger partial charge in [0.1, 0.15) is 6.61 Å². The Morgan fingerprint density at radius 3 is 2.95 bits per heavy atom. The highest BCUT2D eigenvalue weighted by molar-refractivity contribution is 7.12. The second kappa shape index (κ2) is 6.85. The molecule has 0 spiro atoms. The number of hydrogen-bond donors (Lipinski definition) is 2. The lowest BCUT2D eigenvalue weighted by Crippen LogP contribution is -2.22. The number of aliphatic hydroxyl groups excluding tert-OH is 1. The highest BCUT2D eigenvalue weighted by Crippen LogP contribution is 2.15. The Morgan fingerprint density at radius 1 is 1.40 bits per heavy atom. The van der Waals surface area contributed by atoms with Gasteiger partial charge in [0.05, 0.1) is 17.0 Å². The van der Waals surface area contributed by atoms with Gasteiger partial charge in [-0.2, -0.15) is 0 Å². The molecule has 20 heavy (non-hydrogen) atoms. The van der Waals surface area contributed by atoms with Gasteiger partial charge in [0.25, 0.3) is 5.91 Å². The fraction of sp³-hybridized carbons (Fsp3) is 0.200. The average molecular weight is 286 g/mol. The van der Waals surface area contributed by atoms with E-state index >= 15 is 0 Å². The number of hydrogen-bond acceptors (Lipinski definition) is 4. The molecule has 102 valence electrons. The van der Waals surface area contributed by atoms with E-state index in [1.165, 1.54) is 11.3 Å². The van der Waals surface area contributed by atoms with E-state index in [2.05, 4.69) is 22.1 Å². The number of aryl methyl sites for hydroxylation is 1. The smallest absolute Gasteiger partial charge is 0.253 e. The summed E-state index contributed by atoms with van der Waals surface area (Å²) < 4.78 is 0. The number of pyridine rings is 1. The first-order valence-electron chi connectivity index (χ1n) is 6.08. The van der Waals surface area contributed by atoms with Gasteiger partial charge in [0.15, 0.2) is 0 Å². The standard InChI is InChI=1S/C15H14N2O2S/c1-11-4-5-12(9-16-11)15(19)17-10-14-7-6-13(20-14)3-2-8-18/h4-7,9,18H,8,10H2,1H3,(H,17,19). The average Bonchev–Trinajstić information content (AvgIpc) is 2.91. The molecule has 0 fully saturated rings. The van der Waals surface area contributed by atoms with Crippen LogP contribution in [0.2, 0.25) is 0 Å². The zero-order valence-electron chi connectivity index (χ0n) is 11.0. The largest absolute Gasteiger partial charge is 0.384 e. The summed E-state index contributed by atoms with van der Waals surface area (Å²) in [4.78, 5) is 17.9. The molecular formula is C15H14N2O2S. The molecule has 0 atom stereocenters. The summed E-state index contributed by atoms with van der Waals surface area (Å²) in [5.41, 5.74) is 1.43. The molecule has 2 aromatic heterocycles. The van der Waals surface area contributed by atoms with Crippen LogP contribution in [0.3, 0.4) is 0 Å². The fourth-order valence-corrected chi connectivity index (χ4v) is 2.36. The summed E-state index contributed by atoms with van der Waals surface area (Å²) in [6.07, 6.45) is 1.57. The molecule has 0 bridgehead atoms. The van der Waals surface area contributed by atoms with Crippen molar-refractivity contribution in [2.45, 2.75) is 13.5 Å². The van der Waals surface area contributed by atoms with E-state index < -0.39 is 0 Å². The van der Waals surface area contributed by atoms with Gasteiger partial charge < -0.3 is 10.4 Å². The van der Waals surface area contributed by atoms with Crippen LogP contribution in [0.4, 0.5) is 0 Å². The number of nitrogens with zero attached hydrogens (tertiary/aromatic N) is 1. The summed E-state index contributed by atoms with van der Waals surface area (Å²) in [5.74, 6) is 5.29. The van der Waals surface area contributed by atoms with Gasteiger partial charge in [-0.25, -0.2) is 0 Å². The maximum Gasteiger partial charge on any atom is 0.253 e. The molecule has 4 nitrogen and oxygen atoms in total. The quantitative estimate of drug-likeness (QED) is 0.845. The molecule has 0 saturated heterocycles. The first-order chi connectivity index (χ1) is 9.69. The van der Waals surface area contributed by atoms with Crippen molar-refractivity contribution < 1.29 is 9.90 Å². The normalized spacial score (nSPS) is 9.70. The second-order valence-electron chi connectivity index (χ2n) is 4.10. The Morgan fingerprint density at radius 2 is 2.25 bits per heavy atom. The predicted octanol–water partition coefficient (Wildman–Crippen LogP) is 1.73. The number of carbonyl (C=O) groups is 1. The number of nitrogens with one attached hydrogen (secondary N) is 1. The van der Waals surface area contributed by atoms with E-state index in [1.807, 2.05) is 25.1 Å². The molecule has 0 saturated carbocycles. The van der Waals surface area contributed by atoms with Gasteiger partial charge in [-0.3, -0.25) is 9.78 Å². The molecule has 2 aromatic rings. The van der Waals surface area contributed by atoms with Crippen molar-refractivity contribution in [3.63, 3.8) is 0 Å². The molecule has 1 amide bonds. The Kier molecular flexibility index (Phi) is 4.88. The predicted molar refractivity (Wildman–Crippen MR) is 78.4 cm³/mol. The first-order valence-corrected chi connectivity index (χ1v) is 6.90. The molecule has 2 N–H and O–H groups in total. The first kappa shape index (κ1) is 14.3. The maximum absolute atomic E-state index is 11.9. The highest BCUT2D eigenvalue weighted by atomic mass is 32.1. The summed E-state index contributed by atoms with van der Waals surface area (Å²) >= 11 is 1.50. The van der Waals surface area contributed by atoms with E-state index in [9.17, 15) is 4.79 Å². The Balaban J connectivity index is 1.93. The number of thiophene rings is 1. The molecular weight excluding hydrogens is 272 g/mol. The van der Waals surface area contributed by atoms with Crippen LogP contribution in [0.1, 0.15) is 25.8 Å². The van der Waals surface area contributed by atoms with Gasteiger partial charge in [0, 0.05) is 16.8 Å². The summed E-state index contributed by atoms with van der Waals surface area (Å²) in [6, 6.07) is 7.36. The molecule has 0 radical (unpaired) electrons. The molecule has 2 rings (SSSR count). The number of aliphatic hydroxyl groups is 1. The molecule has 0 aliphatic rings. The molecule has 2 heterocycles. The lowest BCUT2D eigenvalue weighted by Gasteiger charge is -2.03. The SMILES string of the molecule is Cc1ccc(C(=O)NCc2ccc(C#CCO)s2)cn1. The van der Waals surface area contributed by atoms with Crippen molar-refractivity contribution in [2.75, 3.05) is 6.61 Å². The number of aromatic nitrogens is 1. The van der Waals surface area contributed by atoms with Crippen LogP contribution in [-0.2, 0) is 6.54 Å². The number of rotatable bonds is 3. The molecule has 0 aliphatic heterocycles. The van der Waals surface area contributed by atoms with Crippen LogP contribution in [0.25, 0.3) is 0 Å². The minimum absolute atomic E-state index is 0.145. The van der Waals surface area contributed by atoms with E-state index in [4.69, 9.17) is 5.11 Å². The van der Waals surface area contributed by atoms with Gasteiger partial charge in [-0.1, -0.05) is 11.8 Å². The fourth-order valence-electron chi connectivity index (χ4n) is 1.54. The van der Waals surface area contributed by atoms with Crippen molar-refractivity contribution in [1.29, 1.82) is 0 Å². The zero-order chi connectivity index (χ0) is 14.4. The van der Waals surface area contributed by atoms with Gasteiger partial charge >= 0.3 is 0 Å². The van der Waals surface area contributed by atoms with E-state index in [0.29, 0.717) is 12.1 Å². The molecule has 5 heteroatoms. The van der Waals surface area contributed by atoms with E-state index in [0.717, 1.165) is 15.4 Å². The molecule has 0 unspecified atom stereocenters. The Hall–Kier alpha value is -2.16. The lowest BCUT2D eigenvalue weighted by molar-refractivity contribution is 0.0951. The topological polar surface area (TPSA) is 62.2 Å². The van der Waals surface area contributed by atoms with Gasteiger partial charge in [0.2, 0.25) is 0 Å².